The smallest absolute Gasteiger partial charge is 0.0636 e. The Hall–Kier alpha value is 0.210. The molecule has 1 aliphatic carbocycles. The van der Waals surface area contributed by atoms with Gasteiger partial charge in [0.15, 0.2) is 0 Å². The summed E-state index contributed by atoms with van der Waals surface area (Å²) in [6.07, 6.45) is 5.76. The van der Waals surface area contributed by atoms with Gasteiger partial charge in [0, 0.05) is 0 Å². The lowest BCUT2D eigenvalue weighted by atomic mass is 9.91. The van der Waals surface area contributed by atoms with E-state index in [1.165, 1.54) is 19.3 Å². The van der Waals surface area contributed by atoms with Gasteiger partial charge in [0.1, 0.15) is 0 Å². The molecule has 0 atom stereocenters. The molecule has 3 heteroatoms. The van der Waals surface area contributed by atoms with Crippen LogP contribution < -0.4 is 11.5 Å². The molecule has 0 saturated heterocycles. The maximum absolute atomic E-state index is 5.66. The molecular formula is C6H15ClN2. The molecule has 1 rings (SSSR count). The monoisotopic (exact) mass is 150 g/mol. The van der Waals surface area contributed by atoms with E-state index in [0.717, 1.165) is 12.8 Å². The molecule has 0 heterocycles. The Kier molecular flexibility index (Phi) is 3.48. The molecule has 2 nitrogen and oxygen atoms in total. The zero-order valence-electron chi connectivity index (χ0n) is 5.60. The zero-order valence-corrected chi connectivity index (χ0v) is 6.41. The maximum atomic E-state index is 5.66. The lowest BCUT2D eigenvalue weighted by Gasteiger charge is -2.28. The van der Waals surface area contributed by atoms with Gasteiger partial charge in [-0.3, -0.25) is 0 Å². The summed E-state index contributed by atoms with van der Waals surface area (Å²) in [5, 5.41) is 0. The van der Waals surface area contributed by atoms with Gasteiger partial charge in [-0.1, -0.05) is 19.3 Å². The number of hydrogen-bond donors (Lipinski definition) is 2. The fourth-order valence-corrected chi connectivity index (χ4v) is 1.21. The van der Waals surface area contributed by atoms with Crippen molar-refractivity contribution in [2.24, 2.45) is 11.5 Å². The van der Waals surface area contributed by atoms with Crippen molar-refractivity contribution in [2.75, 3.05) is 0 Å². The van der Waals surface area contributed by atoms with Crippen molar-refractivity contribution >= 4 is 12.4 Å². The van der Waals surface area contributed by atoms with Gasteiger partial charge in [-0.15, -0.1) is 12.4 Å². The van der Waals surface area contributed by atoms with E-state index in [2.05, 4.69) is 0 Å². The van der Waals surface area contributed by atoms with Crippen molar-refractivity contribution in [3.63, 3.8) is 0 Å². The van der Waals surface area contributed by atoms with Gasteiger partial charge in [-0.2, -0.15) is 0 Å². The predicted octanol–water partition coefficient (Wildman–Crippen LogP) is 0.986. The van der Waals surface area contributed by atoms with Crippen molar-refractivity contribution in [3.8, 4) is 0 Å². The van der Waals surface area contributed by atoms with Crippen LogP contribution in [0.25, 0.3) is 0 Å². The van der Waals surface area contributed by atoms with Crippen LogP contribution in [0, 0.1) is 0 Å². The first kappa shape index (κ1) is 9.21. The highest BCUT2D eigenvalue weighted by atomic mass is 35.5. The zero-order chi connectivity index (χ0) is 6.04. The Morgan fingerprint density at radius 1 is 0.889 bits per heavy atom. The van der Waals surface area contributed by atoms with Crippen molar-refractivity contribution in [1.29, 1.82) is 0 Å². The number of rotatable bonds is 0. The Morgan fingerprint density at radius 2 is 1.33 bits per heavy atom. The molecule has 0 aromatic carbocycles. The molecule has 0 aromatic heterocycles. The summed E-state index contributed by atoms with van der Waals surface area (Å²) in [6.45, 7) is 0. The second-order valence-corrected chi connectivity index (χ2v) is 2.79. The van der Waals surface area contributed by atoms with Gasteiger partial charge in [0.25, 0.3) is 0 Å². The molecule has 0 aliphatic heterocycles. The van der Waals surface area contributed by atoms with Gasteiger partial charge < -0.3 is 11.5 Å². The third-order valence-corrected chi connectivity index (χ3v) is 1.78. The minimum atomic E-state index is -0.321. The molecule has 1 saturated carbocycles. The lowest BCUT2D eigenvalue weighted by molar-refractivity contribution is 0.306. The molecule has 9 heavy (non-hydrogen) atoms. The van der Waals surface area contributed by atoms with Crippen LogP contribution in [0.1, 0.15) is 32.1 Å². The molecule has 0 unspecified atom stereocenters. The van der Waals surface area contributed by atoms with Crippen LogP contribution >= 0.6 is 12.4 Å². The molecular weight excluding hydrogens is 136 g/mol. The third-order valence-electron chi connectivity index (χ3n) is 1.78. The quantitative estimate of drug-likeness (QED) is 0.506. The molecule has 0 radical (unpaired) electrons. The standard InChI is InChI=1S/C6H14N2.ClH/c7-6(8)4-2-1-3-5-6;/h1-5,7-8H2;1H. The van der Waals surface area contributed by atoms with Crippen LogP contribution in [0.5, 0.6) is 0 Å². The van der Waals surface area contributed by atoms with E-state index >= 15 is 0 Å². The summed E-state index contributed by atoms with van der Waals surface area (Å²) < 4.78 is 0. The molecule has 0 bridgehead atoms. The Balaban J connectivity index is 0.000000640. The average Bonchev–Trinajstić information content (AvgIpc) is 1.65. The van der Waals surface area contributed by atoms with Gasteiger partial charge in [0.2, 0.25) is 0 Å². The van der Waals surface area contributed by atoms with E-state index in [4.69, 9.17) is 11.5 Å². The highest BCUT2D eigenvalue weighted by Crippen LogP contribution is 2.20. The first-order valence-corrected chi connectivity index (χ1v) is 3.28. The highest BCUT2D eigenvalue weighted by molar-refractivity contribution is 5.85. The van der Waals surface area contributed by atoms with E-state index in [1.54, 1.807) is 0 Å². The van der Waals surface area contributed by atoms with Crippen LogP contribution in [-0.4, -0.2) is 5.66 Å². The van der Waals surface area contributed by atoms with Crippen LogP contribution in [0.3, 0.4) is 0 Å². The Morgan fingerprint density at radius 3 is 1.56 bits per heavy atom. The van der Waals surface area contributed by atoms with E-state index in [9.17, 15) is 0 Å². The van der Waals surface area contributed by atoms with E-state index in [1.807, 2.05) is 0 Å². The largest absolute Gasteiger partial charge is 0.313 e. The molecule has 56 valence electrons. The molecule has 4 N–H and O–H groups in total. The summed E-state index contributed by atoms with van der Waals surface area (Å²) in [6, 6.07) is 0. The van der Waals surface area contributed by atoms with E-state index in [0.29, 0.717) is 0 Å². The normalized spacial score (nSPS) is 24.7. The van der Waals surface area contributed by atoms with Crippen LogP contribution in [0.4, 0.5) is 0 Å². The summed E-state index contributed by atoms with van der Waals surface area (Å²) in [5.74, 6) is 0. The fraction of sp³-hybridized carbons (Fsp3) is 1.00. The Bertz CT molecular complexity index is 75.1. The first-order chi connectivity index (χ1) is 3.71. The highest BCUT2D eigenvalue weighted by Gasteiger charge is 2.21. The van der Waals surface area contributed by atoms with Gasteiger partial charge >= 0.3 is 0 Å². The summed E-state index contributed by atoms with van der Waals surface area (Å²) in [5.41, 5.74) is 11.0. The molecule has 0 spiro atoms. The van der Waals surface area contributed by atoms with Crippen LogP contribution in [-0.2, 0) is 0 Å². The second kappa shape index (κ2) is 3.40. The van der Waals surface area contributed by atoms with Crippen molar-refractivity contribution in [2.45, 2.75) is 37.8 Å². The van der Waals surface area contributed by atoms with Crippen molar-refractivity contribution < 1.29 is 0 Å². The van der Waals surface area contributed by atoms with Crippen molar-refractivity contribution in [3.05, 3.63) is 0 Å². The molecule has 1 aliphatic rings. The fourth-order valence-electron chi connectivity index (χ4n) is 1.21. The minimum Gasteiger partial charge on any atom is -0.313 e. The first-order valence-electron chi connectivity index (χ1n) is 3.28. The predicted molar refractivity (Wildman–Crippen MR) is 41.4 cm³/mol. The van der Waals surface area contributed by atoms with Crippen LogP contribution in [0.2, 0.25) is 0 Å². The molecule has 1 fully saturated rings. The van der Waals surface area contributed by atoms with Gasteiger partial charge in [-0.05, 0) is 12.8 Å². The van der Waals surface area contributed by atoms with E-state index < -0.39 is 0 Å². The summed E-state index contributed by atoms with van der Waals surface area (Å²) in [4.78, 5) is 0. The van der Waals surface area contributed by atoms with Gasteiger partial charge in [-0.25, -0.2) is 0 Å². The minimum absolute atomic E-state index is 0. The number of nitrogens with two attached hydrogens (primary N) is 2. The average molecular weight is 151 g/mol. The number of halogens is 1. The SMILES string of the molecule is Cl.NC1(N)CCCCC1. The maximum Gasteiger partial charge on any atom is 0.0636 e. The molecule has 0 amide bonds. The summed E-state index contributed by atoms with van der Waals surface area (Å²) >= 11 is 0. The van der Waals surface area contributed by atoms with Crippen molar-refractivity contribution in [1.82, 2.24) is 0 Å². The van der Waals surface area contributed by atoms with Gasteiger partial charge in [0.05, 0.1) is 5.66 Å². The second-order valence-electron chi connectivity index (χ2n) is 2.79. The Labute approximate surface area is 62.4 Å². The molecule has 0 aromatic rings. The van der Waals surface area contributed by atoms with E-state index in [-0.39, 0.29) is 18.1 Å². The van der Waals surface area contributed by atoms with Crippen LogP contribution in [0.15, 0.2) is 0 Å². The third kappa shape index (κ3) is 3.04. The lowest BCUT2D eigenvalue weighted by Crippen LogP contribution is -2.50. The summed E-state index contributed by atoms with van der Waals surface area (Å²) in [7, 11) is 0. The topological polar surface area (TPSA) is 52.0 Å². The number of hydrogen-bond acceptors (Lipinski definition) is 2.